The van der Waals surface area contributed by atoms with Crippen LogP contribution in [0.1, 0.15) is 25.7 Å². The van der Waals surface area contributed by atoms with Gasteiger partial charge in [0.05, 0.1) is 4.92 Å². The molecule has 0 atom stereocenters. The Morgan fingerprint density at radius 1 is 1.35 bits per heavy atom. The van der Waals surface area contributed by atoms with Crippen LogP contribution >= 0.6 is 11.6 Å². The molecule has 0 fully saturated rings. The zero-order chi connectivity index (χ0) is 19.5. The smallest absolute Gasteiger partial charge is 0.303 e. The Labute approximate surface area is 154 Å². The number of carboxylic acids is 1. The van der Waals surface area contributed by atoms with Crippen molar-refractivity contribution in [3.63, 3.8) is 0 Å². The van der Waals surface area contributed by atoms with Crippen molar-refractivity contribution in [3.05, 3.63) is 45.1 Å². The second kappa shape index (κ2) is 10.7. The number of hydrogen-bond donors (Lipinski definition) is 3. The molecule has 138 valence electrons. The number of halogens is 1. The van der Waals surface area contributed by atoms with Crippen molar-refractivity contribution >= 4 is 34.9 Å². The minimum atomic E-state index is -0.864. The van der Waals surface area contributed by atoms with Crippen LogP contribution in [0.25, 0.3) is 0 Å². The maximum Gasteiger partial charge on any atom is 0.303 e. The first-order valence-corrected chi connectivity index (χ1v) is 8.03. The number of nitrogens with one attached hydrogen (secondary N) is 2. The molecule has 0 saturated carbocycles. The van der Waals surface area contributed by atoms with E-state index < -0.39 is 16.8 Å². The summed E-state index contributed by atoms with van der Waals surface area (Å²) in [6.45, 7) is 0.309. The second-order valence-electron chi connectivity index (χ2n) is 5.20. The van der Waals surface area contributed by atoms with Gasteiger partial charge in [0.25, 0.3) is 11.6 Å². The van der Waals surface area contributed by atoms with Crippen LogP contribution in [-0.4, -0.2) is 28.5 Å². The van der Waals surface area contributed by atoms with Gasteiger partial charge >= 0.3 is 5.97 Å². The van der Waals surface area contributed by atoms with Crippen LogP contribution in [0.4, 0.5) is 11.4 Å². The zero-order valence-electron chi connectivity index (χ0n) is 13.7. The number of carbonyl (C=O) groups excluding carboxylic acids is 1. The molecule has 0 aromatic heterocycles. The van der Waals surface area contributed by atoms with Gasteiger partial charge in [0.2, 0.25) is 0 Å². The third-order valence-corrected chi connectivity index (χ3v) is 3.56. The summed E-state index contributed by atoms with van der Waals surface area (Å²) in [6.07, 6.45) is 2.98. The Balaban J connectivity index is 2.56. The molecule has 0 aliphatic carbocycles. The highest BCUT2D eigenvalue weighted by molar-refractivity contribution is 6.32. The van der Waals surface area contributed by atoms with Crippen molar-refractivity contribution in [2.75, 3.05) is 11.9 Å². The van der Waals surface area contributed by atoms with E-state index in [-0.39, 0.29) is 22.7 Å². The van der Waals surface area contributed by atoms with Gasteiger partial charge in [-0.15, -0.1) is 0 Å². The number of carbonyl (C=O) groups is 2. The van der Waals surface area contributed by atoms with Crippen molar-refractivity contribution in [1.82, 2.24) is 5.32 Å². The number of hydrogen-bond acceptors (Lipinski definition) is 6. The van der Waals surface area contributed by atoms with Gasteiger partial charge in [-0.1, -0.05) is 18.0 Å². The van der Waals surface area contributed by atoms with E-state index in [4.69, 9.17) is 22.0 Å². The van der Waals surface area contributed by atoms with Gasteiger partial charge in [-0.05, 0) is 25.0 Å². The molecular formula is C16H17ClN4O5. The van der Waals surface area contributed by atoms with Crippen molar-refractivity contribution in [2.24, 2.45) is 0 Å². The number of anilines is 1. The van der Waals surface area contributed by atoms with Gasteiger partial charge in [-0.2, -0.15) is 5.26 Å². The van der Waals surface area contributed by atoms with E-state index in [0.717, 1.165) is 6.20 Å². The molecule has 0 heterocycles. The molecule has 0 spiro atoms. The summed E-state index contributed by atoms with van der Waals surface area (Å²) in [7, 11) is 0. The Morgan fingerprint density at radius 3 is 2.69 bits per heavy atom. The van der Waals surface area contributed by atoms with Gasteiger partial charge in [-0.25, -0.2) is 0 Å². The Bertz CT molecular complexity index is 757. The summed E-state index contributed by atoms with van der Waals surface area (Å²) in [5, 5.41) is 33.6. The lowest BCUT2D eigenvalue weighted by molar-refractivity contribution is -0.384. The number of rotatable bonds is 10. The van der Waals surface area contributed by atoms with Crippen LogP contribution in [0.3, 0.4) is 0 Å². The molecule has 1 aromatic carbocycles. The Kier molecular flexibility index (Phi) is 8.60. The number of amides is 1. The van der Waals surface area contributed by atoms with Gasteiger partial charge in [0.15, 0.2) is 0 Å². The standard InChI is InChI=1S/C16H17ClN4O5/c17-13-6-5-12(8-14(13)21(25)26)20-10-11(9-18)16(24)19-7-3-1-2-4-15(22)23/h5-6,8,10,20H,1-4,7H2,(H,19,24)(H,22,23)/b11-10-. The number of aliphatic carboxylic acids is 1. The van der Waals surface area contributed by atoms with E-state index in [1.165, 1.54) is 18.2 Å². The fourth-order valence-corrected chi connectivity index (χ4v) is 2.11. The SMILES string of the molecule is N#C/C(=C/Nc1ccc(Cl)c([N+](=O)[O-])c1)C(=O)NCCCCCC(=O)O. The van der Waals surface area contributed by atoms with E-state index in [1.807, 2.05) is 0 Å². The van der Waals surface area contributed by atoms with Crippen molar-refractivity contribution in [3.8, 4) is 6.07 Å². The van der Waals surface area contributed by atoms with Crippen molar-refractivity contribution in [2.45, 2.75) is 25.7 Å². The van der Waals surface area contributed by atoms with Gasteiger partial charge < -0.3 is 15.7 Å². The van der Waals surface area contributed by atoms with Crippen LogP contribution < -0.4 is 10.6 Å². The molecule has 0 saturated heterocycles. The normalized spacial score (nSPS) is 10.7. The zero-order valence-corrected chi connectivity index (χ0v) is 14.5. The number of carboxylic acid groups (broad SMARTS) is 1. The summed E-state index contributed by atoms with van der Waals surface area (Å²) in [5.41, 5.74) is -0.196. The average Bonchev–Trinajstić information content (AvgIpc) is 2.59. The Morgan fingerprint density at radius 2 is 2.08 bits per heavy atom. The van der Waals surface area contributed by atoms with Crippen LogP contribution in [0.5, 0.6) is 0 Å². The lowest BCUT2D eigenvalue weighted by Gasteiger charge is -2.05. The molecule has 1 aromatic rings. The summed E-state index contributed by atoms with van der Waals surface area (Å²) in [5.74, 6) is -1.46. The predicted octanol–water partition coefficient (Wildman–Crippen LogP) is 2.83. The van der Waals surface area contributed by atoms with Crippen LogP contribution in [0.15, 0.2) is 30.0 Å². The maximum atomic E-state index is 11.9. The summed E-state index contributed by atoms with van der Waals surface area (Å²) < 4.78 is 0. The van der Waals surface area contributed by atoms with Gasteiger partial charge in [0, 0.05) is 30.9 Å². The molecule has 26 heavy (non-hydrogen) atoms. The van der Waals surface area contributed by atoms with Crippen molar-refractivity contribution < 1.29 is 19.6 Å². The predicted molar refractivity (Wildman–Crippen MR) is 94.5 cm³/mol. The maximum absolute atomic E-state index is 11.9. The monoisotopic (exact) mass is 380 g/mol. The second-order valence-corrected chi connectivity index (χ2v) is 5.60. The molecular weight excluding hydrogens is 364 g/mol. The number of nitrogens with zero attached hydrogens (tertiary/aromatic N) is 2. The van der Waals surface area contributed by atoms with Crippen LogP contribution in [0, 0.1) is 21.4 Å². The molecule has 3 N–H and O–H groups in total. The molecule has 0 radical (unpaired) electrons. The first-order chi connectivity index (χ1) is 12.3. The summed E-state index contributed by atoms with van der Waals surface area (Å²) >= 11 is 5.71. The van der Waals surface area contributed by atoms with E-state index in [1.54, 1.807) is 6.07 Å². The largest absolute Gasteiger partial charge is 0.481 e. The molecule has 1 rings (SSSR count). The molecule has 0 aliphatic heterocycles. The average molecular weight is 381 g/mol. The molecule has 0 unspecified atom stereocenters. The van der Waals surface area contributed by atoms with Crippen LogP contribution in [-0.2, 0) is 9.59 Å². The van der Waals surface area contributed by atoms with E-state index >= 15 is 0 Å². The topological polar surface area (TPSA) is 145 Å². The molecule has 1 amide bonds. The minimum absolute atomic E-state index is 0.0225. The molecule has 9 nitrogen and oxygen atoms in total. The quantitative estimate of drug-likeness (QED) is 0.186. The van der Waals surface area contributed by atoms with E-state index in [9.17, 15) is 19.7 Å². The minimum Gasteiger partial charge on any atom is -0.481 e. The highest BCUT2D eigenvalue weighted by Gasteiger charge is 2.13. The van der Waals surface area contributed by atoms with Crippen molar-refractivity contribution in [1.29, 1.82) is 5.26 Å². The summed E-state index contributed by atoms with van der Waals surface area (Å²) in [4.78, 5) is 32.5. The highest BCUT2D eigenvalue weighted by Crippen LogP contribution is 2.27. The third kappa shape index (κ3) is 7.19. The molecule has 10 heteroatoms. The summed E-state index contributed by atoms with van der Waals surface area (Å²) in [6, 6.07) is 5.73. The first kappa shape index (κ1) is 20.9. The number of unbranched alkanes of at least 4 members (excludes halogenated alkanes) is 2. The van der Waals surface area contributed by atoms with Crippen LogP contribution in [0.2, 0.25) is 5.02 Å². The lowest BCUT2D eigenvalue weighted by Crippen LogP contribution is -2.26. The molecule has 0 bridgehead atoms. The number of nitro groups is 1. The first-order valence-electron chi connectivity index (χ1n) is 7.66. The Hall–Kier alpha value is -3.12. The number of nitriles is 1. The fourth-order valence-electron chi connectivity index (χ4n) is 1.92. The number of benzene rings is 1. The van der Waals surface area contributed by atoms with Gasteiger partial charge in [0.1, 0.15) is 16.7 Å². The molecule has 0 aliphatic rings. The highest BCUT2D eigenvalue weighted by atomic mass is 35.5. The van der Waals surface area contributed by atoms with E-state index in [0.29, 0.717) is 31.5 Å². The number of nitro benzene ring substituents is 1. The lowest BCUT2D eigenvalue weighted by atomic mass is 10.2. The fraction of sp³-hybridized carbons (Fsp3) is 0.312. The van der Waals surface area contributed by atoms with Gasteiger partial charge in [-0.3, -0.25) is 19.7 Å². The van der Waals surface area contributed by atoms with E-state index in [2.05, 4.69) is 10.6 Å². The third-order valence-electron chi connectivity index (χ3n) is 3.24.